The molecule has 4 aliphatic rings. The first-order valence-corrected chi connectivity index (χ1v) is 12.4. The van der Waals surface area contributed by atoms with Crippen molar-refractivity contribution in [3.63, 3.8) is 0 Å². The van der Waals surface area contributed by atoms with Crippen LogP contribution in [0.15, 0.2) is 79.4 Å². The predicted molar refractivity (Wildman–Crippen MR) is 138 cm³/mol. The molecule has 7 rings (SSSR count). The second-order valence-corrected chi connectivity index (χ2v) is 10.1. The van der Waals surface area contributed by atoms with Crippen molar-refractivity contribution in [1.82, 2.24) is 4.90 Å². The number of fused-ring (bicyclic) bond motifs is 1. The van der Waals surface area contributed by atoms with Crippen molar-refractivity contribution in [2.24, 2.45) is 11.8 Å². The maximum atomic E-state index is 13.7. The van der Waals surface area contributed by atoms with E-state index in [-0.39, 0.29) is 11.3 Å². The minimum atomic E-state index is -0.0942. The normalized spacial score (nSPS) is 26.1. The number of likely N-dealkylation sites (tertiary alicyclic amines) is 1. The molecule has 0 N–H and O–H groups in total. The number of rotatable bonds is 5. The number of para-hydroxylation sites is 1. The molecule has 1 saturated heterocycles. The topological polar surface area (TPSA) is 38.8 Å². The zero-order chi connectivity index (χ0) is 24.2. The SMILES string of the molecule is C=C(C(=O)N1CC2C3CCC(c4ccc(OC)cc4)(c4ccccc43)C2C1)c1ccccc1OC. The molecule has 0 spiro atoms. The summed E-state index contributed by atoms with van der Waals surface area (Å²) in [4.78, 5) is 15.8. The Morgan fingerprint density at radius 2 is 1.69 bits per heavy atom. The lowest BCUT2D eigenvalue weighted by atomic mass is 9.47. The summed E-state index contributed by atoms with van der Waals surface area (Å²) in [5.74, 6) is 2.88. The van der Waals surface area contributed by atoms with Crippen LogP contribution in [-0.4, -0.2) is 38.1 Å². The maximum absolute atomic E-state index is 13.7. The predicted octanol–water partition coefficient (Wildman–Crippen LogP) is 5.67. The lowest BCUT2D eigenvalue weighted by Crippen LogP contribution is -2.51. The van der Waals surface area contributed by atoms with Gasteiger partial charge in [0.1, 0.15) is 11.5 Å². The van der Waals surface area contributed by atoms with Crippen LogP contribution in [0.4, 0.5) is 0 Å². The van der Waals surface area contributed by atoms with Gasteiger partial charge in [-0.3, -0.25) is 4.79 Å². The standard InChI is InChI=1S/C31H31NO3/c1-20(23-8-5-7-11-29(23)35-3)30(33)32-18-26-24-16-17-31(28(26)19-32,27-10-6-4-9-25(24)27)21-12-14-22(34-2)15-13-21/h4-15,24,26,28H,1,16-19H2,2-3H3. The average molecular weight is 466 g/mol. The molecule has 1 saturated carbocycles. The lowest BCUT2D eigenvalue weighted by molar-refractivity contribution is -0.124. The highest BCUT2D eigenvalue weighted by atomic mass is 16.5. The van der Waals surface area contributed by atoms with Crippen LogP contribution in [0, 0.1) is 11.8 Å². The Labute approximate surface area is 207 Å². The van der Waals surface area contributed by atoms with Gasteiger partial charge in [0.2, 0.25) is 0 Å². The van der Waals surface area contributed by atoms with Gasteiger partial charge in [0.05, 0.1) is 14.2 Å². The fourth-order valence-electron chi connectivity index (χ4n) is 7.26. The van der Waals surface area contributed by atoms with E-state index in [9.17, 15) is 4.79 Å². The van der Waals surface area contributed by atoms with E-state index in [1.54, 1.807) is 14.2 Å². The molecule has 35 heavy (non-hydrogen) atoms. The van der Waals surface area contributed by atoms with E-state index in [1.807, 2.05) is 29.2 Å². The third-order valence-corrected chi connectivity index (χ3v) is 8.79. The number of ether oxygens (including phenoxy) is 2. The molecule has 3 aromatic carbocycles. The van der Waals surface area contributed by atoms with E-state index in [1.165, 1.54) is 16.7 Å². The van der Waals surface area contributed by atoms with Crippen LogP contribution in [0.25, 0.3) is 5.57 Å². The largest absolute Gasteiger partial charge is 0.497 e. The molecular weight excluding hydrogens is 434 g/mol. The van der Waals surface area contributed by atoms with E-state index >= 15 is 0 Å². The molecule has 0 aromatic heterocycles. The van der Waals surface area contributed by atoms with Crippen molar-refractivity contribution in [2.45, 2.75) is 24.2 Å². The van der Waals surface area contributed by atoms with Crippen LogP contribution in [0.3, 0.4) is 0 Å². The summed E-state index contributed by atoms with van der Waals surface area (Å²) in [5.41, 5.74) is 5.42. The van der Waals surface area contributed by atoms with Gasteiger partial charge in [0.25, 0.3) is 5.91 Å². The lowest BCUT2D eigenvalue weighted by Gasteiger charge is -2.55. The van der Waals surface area contributed by atoms with Crippen LogP contribution in [0.5, 0.6) is 11.5 Å². The Bertz CT molecular complexity index is 1300. The zero-order valence-corrected chi connectivity index (χ0v) is 20.4. The van der Waals surface area contributed by atoms with Gasteiger partial charge in [-0.1, -0.05) is 61.2 Å². The van der Waals surface area contributed by atoms with Crippen molar-refractivity contribution in [3.8, 4) is 11.5 Å². The first-order chi connectivity index (χ1) is 17.1. The van der Waals surface area contributed by atoms with Crippen LogP contribution in [0.1, 0.15) is 41.0 Å². The number of hydrogen-bond donors (Lipinski definition) is 0. The molecule has 1 amide bonds. The molecule has 4 atom stereocenters. The summed E-state index contributed by atoms with van der Waals surface area (Å²) < 4.78 is 11.0. The quantitative estimate of drug-likeness (QED) is 0.456. The molecule has 0 radical (unpaired) electrons. The molecule has 1 heterocycles. The number of methoxy groups -OCH3 is 2. The van der Waals surface area contributed by atoms with E-state index in [0.717, 1.165) is 37.2 Å². The summed E-state index contributed by atoms with van der Waals surface area (Å²) in [6.45, 7) is 5.72. The van der Waals surface area contributed by atoms with Gasteiger partial charge in [-0.2, -0.15) is 0 Å². The number of amides is 1. The Morgan fingerprint density at radius 3 is 2.46 bits per heavy atom. The van der Waals surface area contributed by atoms with Gasteiger partial charge in [0.15, 0.2) is 0 Å². The maximum Gasteiger partial charge on any atom is 0.254 e. The minimum absolute atomic E-state index is 0.0113. The van der Waals surface area contributed by atoms with Gasteiger partial charge in [-0.25, -0.2) is 0 Å². The second-order valence-electron chi connectivity index (χ2n) is 10.1. The molecule has 2 bridgehead atoms. The zero-order valence-electron chi connectivity index (χ0n) is 20.4. The van der Waals surface area contributed by atoms with Crippen molar-refractivity contribution in [2.75, 3.05) is 27.3 Å². The Hall–Kier alpha value is -3.53. The Morgan fingerprint density at radius 1 is 0.943 bits per heavy atom. The second kappa shape index (κ2) is 8.30. The van der Waals surface area contributed by atoms with Crippen LogP contribution in [0.2, 0.25) is 0 Å². The third kappa shape index (κ3) is 3.16. The van der Waals surface area contributed by atoms with E-state index in [4.69, 9.17) is 9.47 Å². The monoisotopic (exact) mass is 465 g/mol. The number of carbonyl (C=O) groups is 1. The van der Waals surface area contributed by atoms with Gasteiger partial charge < -0.3 is 14.4 Å². The van der Waals surface area contributed by atoms with E-state index in [2.05, 4.69) is 55.1 Å². The van der Waals surface area contributed by atoms with Crippen molar-refractivity contribution in [3.05, 3.63) is 102 Å². The van der Waals surface area contributed by atoms with Crippen LogP contribution >= 0.6 is 0 Å². The van der Waals surface area contributed by atoms with Gasteiger partial charge in [-0.05, 0) is 65.5 Å². The van der Waals surface area contributed by atoms with Crippen LogP contribution < -0.4 is 9.47 Å². The van der Waals surface area contributed by atoms with Gasteiger partial charge >= 0.3 is 0 Å². The molecule has 4 unspecified atom stereocenters. The molecule has 2 fully saturated rings. The summed E-state index contributed by atoms with van der Waals surface area (Å²) in [7, 11) is 3.34. The smallest absolute Gasteiger partial charge is 0.254 e. The molecule has 3 aromatic rings. The highest BCUT2D eigenvalue weighted by Gasteiger charge is 2.60. The summed E-state index contributed by atoms with van der Waals surface area (Å²) in [5, 5.41) is 0. The molecule has 1 aliphatic heterocycles. The van der Waals surface area contributed by atoms with Crippen molar-refractivity contribution in [1.29, 1.82) is 0 Å². The number of carbonyl (C=O) groups excluding carboxylic acids is 1. The summed E-state index contributed by atoms with van der Waals surface area (Å²) in [6, 6.07) is 25.2. The van der Waals surface area contributed by atoms with Crippen molar-refractivity contribution >= 4 is 11.5 Å². The van der Waals surface area contributed by atoms with E-state index in [0.29, 0.717) is 29.1 Å². The Balaban J connectivity index is 1.39. The molecule has 4 heteroatoms. The molecule has 178 valence electrons. The summed E-state index contributed by atoms with van der Waals surface area (Å²) in [6.07, 6.45) is 2.26. The Kier molecular flexibility index (Phi) is 5.21. The fourth-order valence-corrected chi connectivity index (χ4v) is 7.26. The van der Waals surface area contributed by atoms with Gasteiger partial charge in [0, 0.05) is 29.6 Å². The number of benzene rings is 3. The minimum Gasteiger partial charge on any atom is -0.497 e. The third-order valence-electron chi connectivity index (χ3n) is 8.79. The molecule has 3 aliphatic carbocycles. The van der Waals surface area contributed by atoms with E-state index < -0.39 is 0 Å². The van der Waals surface area contributed by atoms with Crippen molar-refractivity contribution < 1.29 is 14.3 Å². The summed E-state index contributed by atoms with van der Waals surface area (Å²) >= 11 is 0. The highest BCUT2D eigenvalue weighted by Crippen LogP contribution is 2.63. The number of nitrogens with zero attached hydrogens (tertiary/aromatic N) is 1. The highest BCUT2D eigenvalue weighted by molar-refractivity contribution is 6.19. The number of hydrogen-bond acceptors (Lipinski definition) is 3. The first-order valence-electron chi connectivity index (χ1n) is 12.4. The molecule has 4 nitrogen and oxygen atoms in total. The average Bonchev–Trinajstić information content (AvgIpc) is 3.40. The van der Waals surface area contributed by atoms with Crippen LogP contribution in [-0.2, 0) is 10.2 Å². The molecular formula is C31H31NO3. The first kappa shape index (κ1) is 22.0. The fraction of sp³-hybridized carbons (Fsp3) is 0.323. The van der Waals surface area contributed by atoms with Gasteiger partial charge in [-0.15, -0.1) is 0 Å².